The van der Waals surface area contributed by atoms with Gasteiger partial charge in [0.25, 0.3) is 0 Å². The largest absolute Gasteiger partial charge is 0.369 e. The van der Waals surface area contributed by atoms with Crippen molar-refractivity contribution in [3.63, 3.8) is 0 Å². The minimum atomic E-state index is 0.530. The Labute approximate surface area is 131 Å². The molecule has 21 heavy (non-hydrogen) atoms. The fourth-order valence-electron chi connectivity index (χ4n) is 2.02. The fourth-order valence-corrected chi connectivity index (χ4v) is 2.51. The molecule has 0 radical (unpaired) electrons. The van der Waals surface area contributed by atoms with Crippen LogP contribution in [0.2, 0.25) is 10.0 Å². The summed E-state index contributed by atoms with van der Waals surface area (Å²) in [4.78, 5) is 8.82. The summed E-state index contributed by atoms with van der Waals surface area (Å²) >= 11 is 12.4. The van der Waals surface area contributed by atoms with Gasteiger partial charge < -0.3 is 15.0 Å². The van der Waals surface area contributed by atoms with Gasteiger partial charge in [0.1, 0.15) is 5.82 Å². The Bertz CT molecular complexity index is 764. The molecule has 5 nitrogen and oxygen atoms in total. The Morgan fingerprint density at radius 1 is 1.24 bits per heavy atom. The number of para-hydroxylation sites is 1. The number of hydrogen-bond donors (Lipinski definition) is 2. The summed E-state index contributed by atoms with van der Waals surface area (Å²) < 4.78 is 1.89. The minimum Gasteiger partial charge on any atom is -0.369 e. The highest BCUT2D eigenvalue weighted by Crippen LogP contribution is 2.33. The molecule has 0 bridgehead atoms. The normalized spacial score (nSPS) is 10.8. The molecule has 2 N–H and O–H groups in total. The van der Waals surface area contributed by atoms with E-state index in [9.17, 15) is 0 Å². The number of nitrogens with zero attached hydrogens (tertiary/aromatic N) is 3. The number of nitrogens with one attached hydrogen (secondary N) is 2. The van der Waals surface area contributed by atoms with Gasteiger partial charge in [0, 0.05) is 18.9 Å². The van der Waals surface area contributed by atoms with Crippen LogP contribution in [0.1, 0.15) is 6.92 Å². The van der Waals surface area contributed by atoms with Gasteiger partial charge in [-0.1, -0.05) is 29.3 Å². The van der Waals surface area contributed by atoms with E-state index in [1.165, 1.54) is 0 Å². The fraction of sp³-hybridized carbons (Fsp3) is 0.143. The monoisotopic (exact) mass is 321 g/mol. The molecule has 2 heterocycles. The minimum absolute atomic E-state index is 0.530. The number of rotatable bonds is 4. The first-order valence-electron chi connectivity index (χ1n) is 6.47. The predicted molar refractivity (Wildman–Crippen MR) is 86.9 cm³/mol. The van der Waals surface area contributed by atoms with E-state index in [0.717, 1.165) is 12.4 Å². The van der Waals surface area contributed by atoms with Gasteiger partial charge in [-0.05, 0) is 19.1 Å². The van der Waals surface area contributed by atoms with Crippen LogP contribution in [0.25, 0.3) is 5.65 Å². The summed E-state index contributed by atoms with van der Waals surface area (Å²) in [5, 5.41) is 7.41. The third-order valence-corrected chi connectivity index (χ3v) is 3.57. The molecule has 0 saturated heterocycles. The average molecular weight is 322 g/mol. The van der Waals surface area contributed by atoms with Gasteiger partial charge in [-0.2, -0.15) is 0 Å². The van der Waals surface area contributed by atoms with Gasteiger partial charge in [0.2, 0.25) is 0 Å². The number of imidazole rings is 1. The van der Waals surface area contributed by atoms with E-state index in [2.05, 4.69) is 20.6 Å². The van der Waals surface area contributed by atoms with Crippen molar-refractivity contribution in [3.05, 3.63) is 46.8 Å². The Balaban J connectivity index is 2.09. The molecular weight excluding hydrogens is 309 g/mol. The zero-order valence-corrected chi connectivity index (χ0v) is 12.8. The standard InChI is InChI=1S/C14H13Cl2N5/c1-2-17-11-8-21-7-6-18-14(21)13(19-11)20-12-9(15)4-3-5-10(12)16/h3-8,17H,2H2,1H3,(H,19,20). The number of benzene rings is 1. The lowest BCUT2D eigenvalue weighted by molar-refractivity contribution is 1.09. The van der Waals surface area contributed by atoms with Crippen LogP contribution >= 0.6 is 23.2 Å². The summed E-state index contributed by atoms with van der Waals surface area (Å²) in [6.45, 7) is 2.79. The summed E-state index contributed by atoms with van der Waals surface area (Å²) in [7, 11) is 0. The van der Waals surface area contributed by atoms with Crippen LogP contribution in [-0.2, 0) is 0 Å². The van der Waals surface area contributed by atoms with Crippen LogP contribution in [0.5, 0.6) is 0 Å². The predicted octanol–water partition coefficient (Wildman–Crippen LogP) is 4.21. The zero-order valence-electron chi connectivity index (χ0n) is 11.3. The Kier molecular flexibility index (Phi) is 3.86. The number of halogens is 2. The third kappa shape index (κ3) is 2.75. The smallest absolute Gasteiger partial charge is 0.180 e. The van der Waals surface area contributed by atoms with Gasteiger partial charge in [-0.25, -0.2) is 9.97 Å². The van der Waals surface area contributed by atoms with Gasteiger partial charge >= 0.3 is 0 Å². The highest BCUT2D eigenvalue weighted by Gasteiger charge is 2.11. The lowest BCUT2D eigenvalue weighted by Gasteiger charge is -2.12. The molecule has 0 unspecified atom stereocenters. The van der Waals surface area contributed by atoms with Gasteiger partial charge in [0.15, 0.2) is 11.5 Å². The van der Waals surface area contributed by atoms with Crippen molar-refractivity contribution in [2.24, 2.45) is 0 Å². The van der Waals surface area contributed by atoms with E-state index in [1.54, 1.807) is 24.4 Å². The van der Waals surface area contributed by atoms with Crippen molar-refractivity contribution in [1.29, 1.82) is 0 Å². The summed E-state index contributed by atoms with van der Waals surface area (Å²) in [6, 6.07) is 5.34. The second-order valence-corrected chi connectivity index (χ2v) is 5.20. The Morgan fingerprint density at radius 2 is 2.00 bits per heavy atom. The third-order valence-electron chi connectivity index (χ3n) is 2.94. The first kappa shape index (κ1) is 14.0. The van der Waals surface area contributed by atoms with Gasteiger partial charge in [-0.15, -0.1) is 0 Å². The van der Waals surface area contributed by atoms with Crippen LogP contribution in [0.15, 0.2) is 36.8 Å². The second kappa shape index (κ2) is 5.79. The Morgan fingerprint density at radius 3 is 2.71 bits per heavy atom. The molecule has 3 rings (SSSR count). The highest BCUT2D eigenvalue weighted by molar-refractivity contribution is 6.39. The number of fused-ring (bicyclic) bond motifs is 1. The summed E-state index contributed by atoms with van der Waals surface area (Å²) in [5.41, 5.74) is 1.32. The molecular formula is C14H13Cl2N5. The maximum Gasteiger partial charge on any atom is 0.180 e. The maximum atomic E-state index is 6.19. The number of aromatic nitrogens is 3. The van der Waals surface area contributed by atoms with E-state index < -0.39 is 0 Å². The van der Waals surface area contributed by atoms with E-state index in [0.29, 0.717) is 27.2 Å². The molecule has 0 fully saturated rings. The van der Waals surface area contributed by atoms with E-state index in [4.69, 9.17) is 23.2 Å². The van der Waals surface area contributed by atoms with Crippen LogP contribution in [0.3, 0.4) is 0 Å². The number of anilines is 3. The first-order valence-corrected chi connectivity index (χ1v) is 7.23. The topological polar surface area (TPSA) is 54.2 Å². The highest BCUT2D eigenvalue weighted by atomic mass is 35.5. The molecule has 108 valence electrons. The van der Waals surface area contributed by atoms with Crippen molar-refractivity contribution in [1.82, 2.24) is 14.4 Å². The van der Waals surface area contributed by atoms with E-state index >= 15 is 0 Å². The SMILES string of the molecule is CCNc1cn2ccnc2c(Nc2c(Cl)cccc2Cl)n1. The van der Waals surface area contributed by atoms with Crippen LogP contribution in [-0.4, -0.2) is 20.9 Å². The molecule has 2 aromatic heterocycles. The lowest BCUT2D eigenvalue weighted by atomic mass is 10.3. The van der Waals surface area contributed by atoms with Crippen LogP contribution < -0.4 is 10.6 Å². The lowest BCUT2D eigenvalue weighted by Crippen LogP contribution is -2.05. The molecule has 0 aliphatic rings. The quantitative estimate of drug-likeness (QED) is 0.755. The summed E-state index contributed by atoms with van der Waals surface area (Å²) in [5.74, 6) is 1.34. The summed E-state index contributed by atoms with van der Waals surface area (Å²) in [6.07, 6.45) is 5.45. The van der Waals surface area contributed by atoms with Crippen LogP contribution in [0.4, 0.5) is 17.3 Å². The number of hydrogen-bond acceptors (Lipinski definition) is 4. The van der Waals surface area contributed by atoms with Crippen molar-refractivity contribution < 1.29 is 0 Å². The molecule has 1 aromatic carbocycles. The molecule has 0 atom stereocenters. The van der Waals surface area contributed by atoms with Crippen molar-refractivity contribution in [2.75, 3.05) is 17.2 Å². The molecule has 0 spiro atoms. The van der Waals surface area contributed by atoms with Crippen molar-refractivity contribution in [3.8, 4) is 0 Å². The molecule has 0 aliphatic carbocycles. The molecule has 7 heteroatoms. The second-order valence-electron chi connectivity index (χ2n) is 4.38. The molecule has 0 amide bonds. The van der Waals surface area contributed by atoms with E-state index in [1.807, 2.05) is 23.7 Å². The van der Waals surface area contributed by atoms with Crippen molar-refractivity contribution in [2.45, 2.75) is 6.92 Å². The molecule has 0 aliphatic heterocycles. The van der Waals surface area contributed by atoms with E-state index in [-0.39, 0.29) is 0 Å². The van der Waals surface area contributed by atoms with Crippen molar-refractivity contribution >= 4 is 46.2 Å². The first-order chi connectivity index (χ1) is 10.2. The zero-order chi connectivity index (χ0) is 14.8. The van der Waals surface area contributed by atoms with Crippen LogP contribution in [0, 0.1) is 0 Å². The van der Waals surface area contributed by atoms with Gasteiger partial charge in [-0.3, -0.25) is 0 Å². The average Bonchev–Trinajstić information content (AvgIpc) is 2.92. The molecule has 3 aromatic rings. The molecule has 0 saturated carbocycles. The maximum absolute atomic E-state index is 6.19. The van der Waals surface area contributed by atoms with Gasteiger partial charge in [0.05, 0.1) is 21.9 Å². The Hall–Kier alpha value is -1.98.